The zero-order valence-electron chi connectivity index (χ0n) is 15.4. The van der Waals surface area contributed by atoms with Gasteiger partial charge in [0.2, 0.25) is 5.91 Å². The quantitative estimate of drug-likeness (QED) is 0.586. The standard InChI is InChI=1S/C18H24F3N3O4/c1-11(26)23-15-7-6-14(28-16(15)10-25)8-9-22-17(27)24-13-4-2-12(3-5-13)18(19,20)21/h2-5,14-16,25H,6-10H2,1H3,(H,23,26)(H2,22,24,27)/t14-,15+,16-/m0/s1. The second-order valence-corrected chi connectivity index (χ2v) is 6.61. The Morgan fingerprint density at radius 1 is 1.21 bits per heavy atom. The number of aliphatic hydroxyl groups is 1. The lowest BCUT2D eigenvalue weighted by atomic mass is 9.97. The summed E-state index contributed by atoms with van der Waals surface area (Å²) in [6.07, 6.45) is -3.26. The molecule has 2 rings (SSSR count). The minimum absolute atomic E-state index is 0.173. The van der Waals surface area contributed by atoms with Gasteiger partial charge in [-0.25, -0.2) is 4.79 Å². The van der Waals surface area contributed by atoms with E-state index in [4.69, 9.17) is 4.74 Å². The summed E-state index contributed by atoms with van der Waals surface area (Å²) in [6, 6.07) is 3.37. The number of halogens is 3. The van der Waals surface area contributed by atoms with Crippen LogP contribution >= 0.6 is 0 Å². The van der Waals surface area contributed by atoms with Crippen molar-refractivity contribution in [2.75, 3.05) is 18.5 Å². The zero-order chi connectivity index (χ0) is 20.7. The van der Waals surface area contributed by atoms with E-state index in [2.05, 4.69) is 16.0 Å². The SMILES string of the molecule is CC(=O)N[C@@H]1CC[C@@H](CCNC(=O)Nc2ccc(C(F)(F)F)cc2)O[C@H]1CO. The van der Waals surface area contributed by atoms with Crippen molar-refractivity contribution < 1.29 is 32.6 Å². The minimum Gasteiger partial charge on any atom is -0.394 e. The molecule has 0 unspecified atom stereocenters. The van der Waals surface area contributed by atoms with E-state index in [9.17, 15) is 27.9 Å². The molecular weight excluding hydrogens is 379 g/mol. The number of rotatable bonds is 6. The molecule has 0 radical (unpaired) electrons. The summed E-state index contributed by atoms with van der Waals surface area (Å²) in [4.78, 5) is 23.0. The summed E-state index contributed by atoms with van der Waals surface area (Å²) in [5.41, 5.74) is -0.540. The molecule has 1 fully saturated rings. The Morgan fingerprint density at radius 3 is 2.46 bits per heavy atom. The van der Waals surface area contributed by atoms with E-state index < -0.39 is 23.9 Å². The first-order valence-electron chi connectivity index (χ1n) is 8.94. The van der Waals surface area contributed by atoms with Crippen LogP contribution in [0.15, 0.2) is 24.3 Å². The van der Waals surface area contributed by atoms with Crippen LogP contribution in [-0.4, -0.2) is 48.4 Å². The highest BCUT2D eigenvalue weighted by molar-refractivity contribution is 5.89. The fraction of sp³-hybridized carbons (Fsp3) is 0.556. The van der Waals surface area contributed by atoms with E-state index >= 15 is 0 Å². The molecule has 0 aromatic heterocycles. The van der Waals surface area contributed by atoms with Gasteiger partial charge in [-0.15, -0.1) is 0 Å². The Kier molecular flexibility index (Phi) is 7.64. The molecule has 3 amide bonds. The third-order valence-electron chi connectivity index (χ3n) is 4.41. The van der Waals surface area contributed by atoms with E-state index in [1.54, 1.807) is 0 Å². The lowest BCUT2D eigenvalue weighted by Crippen LogP contribution is -2.50. The number of hydrogen-bond donors (Lipinski definition) is 4. The summed E-state index contributed by atoms with van der Waals surface area (Å²) in [5.74, 6) is -0.188. The van der Waals surface area contributed by atoms with Gasteiger partial charge in [-0.3, -0.25) is 4.79 Å². The Bertz CT molecular complexity index is 667. The van der Waals surface area contributed by atoms with Crippen LogP contribution in [0.1, 0.15) is 31.7 Å². The molecule has 1 aliphatic heterocycles. The molecule has 0 spiro atoms. The summed E-state index contributed by atoms with van der Waals surface area (Å²) in [7, 11) is 0. The number of amides is 3. The fourth-order valence-electron chi connectivity index (χ4n) is 3.03. The first-order valence-corrected chi connectivity index (χ1v) is 8.94. The molecule has 28 heavy (non-hydrogen) atoms. The van der Waals surface area contributed by atoms with Gasteiger partial charge in [-0.2, -0.15) is 13.2 Å². The van der Waals surface area contributed by atoms with Crippen LogP contribution in [0, 0.1) is 0 Å². The zero-order valence-corrected chi connectivity index (χ0v) is 15.4. The Balaban J connectivity index is 1.73. The van der Waals surface area contributed by atoms with Crippen molar-refractivity contribution >= 4 is 17.6 Å². The molecule has 0 aliphatic carbocycles. The number of ether oxygens (including phenoxy) is 1. The summed E-state index contributed by atoms with van der Waals surface area (Å²) >= 11 is 0. The molecule has 0 saturated carbocycles. The minimum atomic E-state index is -4.42. The van der Waals surface area contributed by atoms with Gasteiger partial charge in [0.1, 0.15) is 6.10 Å². The lowest BCUT2D eigenvalue weighted by molar-refractivity contribution is -0.137. The van der Waals surface area contributed by atoms with Gasteiger partial charge >= 0.3 is 12.2 Å². The Labute approximate surface area is 160 Å². The molecule has 4 N–H and O–H groups in total. The molecule has 7 nitrogen and oxygen atoms in total. The maximum absolute atomic E-state index is 12.5. The first kappa shape index (κ1) is 22.0. The molecule has 3 atom stereocenters. The number of carbonyl (C=O) groups is 2. The second-order valence-electron chi connectivity index (χ2n) is 6.61. The van der Waals surface area contributed by atoms with Gasteiger partial charge in [0.05, 0.1) is 24.3 Å². The first-order chi connectivity index (χ1) is 13.2. The van der Waals surface area contributed by atoms with Crippen molar-refractivity contribution in [3.05, 3.63) is 29.8 Å². The maximum Gasteiger partial charge on any atom is 0.416 e. The average Bonchev–Trinajstić information content (AvgIpc) is 2.62. The number of nitrogens with one attached hydrogen (secondary N) is 3. The van der Waals surface area contributed by atoms with Crippen molar-refractivity contribution in [1.29, 1.82) is 0 Å². The van der Waals surface area contributed by atoms with Crippen LogP contribution in [0.4, 0.5) is 23.7 Å². The fourth-order valence-corrected chi connectivity index (χ4v) is 3.03. The largest absolute Gasteiger partial charge is 0.416 e. The van der Waals surface area contributed by atoms with E-state index in [0.717, 1.165) is 12.1 Å². The molecule has 156 valence electrons. The Morgan fingerprint density at radius 2 is 1.89 bits per heavy atom. The highest BCUT2D eigenvalue weighted by atomic mass is 19.4. The number of benzene rings is 1. The maximum atomic E-state index is 12.5. The van der Waals surface area contributed by atoms with Gasteiger partial charge in [-0.05, 0) is 43.5 Å². The third kappa shape index (κ3) is 6.68. The van der Waals surface area contributed by atoms with Crippen LogP contribution in [-0.2, 0) is 15.7 Å². The number of carbonyl (C=O) groups excluding carboxylic acids is 2. The topological polar surface area (TPSA) is 99.7 Å². The van der Waals surface area contributed by atoms with Gasteiger partial charge in [0.25, 0.3) is 0 Å². The molecule has 1 saturated heterocycles. The van der Waals surface area contributed by atoms with E-state index in [0.29, 0.717) is 25.8 Å². The van der Waals surface area contributed by atoms with E-state index in [-0.39, 0.29) is 30.3 Å². The van der Waals surface area contributed by atoms with Crippen molar-refractivity contribution in [3.63, 3.8) is 0 Å². The van der Waals surface area contributed by atoms with Crippen molar-refractivity contribution in [3.8, 4) is 0 Å². The third-order valence-corrected chi connectivity index (χ3v) is 4.41. The van der Waals surface area contributed by atoms with Crippen LogP contribution < -0.4 is 16.0 Å². The Hall–Kier alpha value is -2.33. The monoisotopic (exact) mass is 403 g/mol. The van der Waals surface area contributed by atoms with Crippen LogP contribution in [0.5, 0.6) is 0 Å². The number of anilines is 1. The summed E-state index contributed by atoms with van der Waals surface area (Å²) in [6.45, 7) is 1.48. The van der Waals surface area contributed by atoms with Crippen molar-refractivity contribution in [1.82, 2.24) is 10.6 Å². The summed E-state index contributed by atoms with van der Waals surface area (Å²) < 4.78 is 43.3. The molecule has 0 bridgehead atoms. The summed E-state index contributed by atoms with van der Waals surface area (Å²) in [5, 5.41) is 17.2. The van der Waals surface area contributed by atoms with Gasteiger partial charge in [0, 0.05) is 19.2 Å². The second kappa shape index (κ2) is 9.74. The van der Waals surface area contributed by atoms with Crippen LogP contribution in [0.25, 0.3) is 0 Å². The van der Waals surface area contributed by atoms with Gasteiger partial charge in [-0.1, -0.05) is 0 Å². The van der Waals surface area contributed by atoms with E-state index in [1.807, 2.05) is 0 Å². The van der Waals surface area contributed by atoms with Crippen LogP contribution in [0.2, 0.25) is 0 Å². The molecule has 1 aromatic rings. The van der Waals surface area contributed by atoms with Crippen molar-refractivity contribution in [2.45, 2.75) is 50.6 Å². The lowest BCUT2D eigenvalue weighted by Gasteiger charge is -2.36. The average molecular weight is 403 g/mol. The normalized spacial score (nSPS) is 22.4. The number of urea groups is 1. The highest BCUT2D eigenvalue weighted by Gasteiger charge is 2.31. The van der Waals surface area contributed by atoms with E-state index in [1.165, 1.54) is 19.1 Å². The number of alkyl halides is 3. The number of hydrogen-bond acceptors (Lipinski definition) is 4. The van der Waals surface area contributed by atoms with Gasteiger partial charge < -0.3 is 25.8 Å². The molecule has 1 heterocycles. The predicted molar refractivity (Wildman–Crippen MR) is 95.7 cm³/mol. The molecule has 10 heteroatoms. The van der Waals surface area contributed by atoms with Crippen molar-refractivity contribution in [2.24, 2.45) is 0 Å². The molecule has 1 aliphatic rings. The smallest absolute Gasteiger partial charge is 0.394 e. The predicted octanol–water partition coefficient (Wildman–Crippen LogP) is 2.26. The number of aliphatic hydroxyl groups excluding tert-OH is 1. The molecule has 1 aromatic carbocycles. The molecular formula is C18H24F3N3O4. The van der Waals surface area contributed by atoms with Gasteiger partial charge in [0.15, 0.2) is 0 Å². The van der Waals surface area contributed by atoms with Crippen LogP contribution in [0.3, 0.4) is 0 Å². The highest BCUT2D eigenvalue weighted by Crippen LogP contribution is 2.29.